The zero-order valence-electron chi connectivity index (χ0n) is 13.0. The minimum atomic E-state index is -1.08. The first-order chi connectivity index (χ1) is 11.4. The molecular formula is C18H16ClFN2O2. The third kappa shape index (κ3) is 3.26. The van der Waals surface area contributed by atoms with Gasteiger partial charge in [0.2, 0.25) is 11.8 Å². The van der Waals surface area contributed by atoms with Gasteiger partial charge in [-0.25, -0.2) is 4.39 Å². The molecule has 2 aromatic carbocycles. The van der Waals surface area contributed by atoms with Crippen molar-refractivity contribution in [2.75, 3.05) is 10.6 Å². The number of carbonyl (C=O) groups is 2. The minimum Gasteiger partial charge on any atom is -0.325 e. The van der Waals surface area contributed by atoms with Crippen LogP contribution in [0.15, 0.2) is 42.5 Å². The smallest absolute Gasteiger partial charge is 0.240 e. The number of amides is 2. The molecule has 0 aromatic heterocycles. The predicted octanol–water partition coefficient (Wildman–Crippen LogP) is 4.14. The van der Waals surface area contributed by atoms with Crippen LogP contribution in [-0.2, 0) is 9.59 Å². The van der Waals surface area contributed by atoms with Crippen molar-refractivity contribution in [3.63, 3.8) is 0 Å². The molecule has 1 fully saturated rings. The van der Waals surface area contributed by atoms with Crippen LogP contribution in [0.1, 0.15) is 18.4 Å². The lowest BCUT2D eigenvalue weighted by Crippen LogP contribution is -2.35. The number of anilines is 2. The molecule has 0 spiro atoms. The standard InChI is InChI=1S/C18H16ClFN2O2/c1-11-2-3-12(19)10-15(11)22-17(24)18(8-9-18)16(23)21-14-6-4-13(20)5-7-14/h2-7,10H,8-9H2,1H3,(H,21,23)(H,22,24). The molecule has 0 aliphatic heterocycles. The van der Waals surface area contributed by atoms with Crippen LogP contribution in [0.2, 0.25) is 5.02 Å². The molecule has 1 aliphatic rings. The second-order valence-electron chi connectivity index (χ2n) is 5.96. The summed E-state index contributed by atoms with van der Waals surface area (Å²) in [5.41, 5.74) is 0.832. The number of nitrogens with one attached hydrogen (secondary N) is 2. The van der Waals surface area contributed by atoms with E-state index >= 15 is 0 Å². The van der Waals surface area contributed by atoms with Crippen molar-refractivity contribution in [1.82, 2.24) is 0 Å². The average molecular weight is 347 g/mol. The molecule has 0 heterocycles. The summed E-state index contributed by atoms with van der Waals surface area (Å²) in [5.74, 6) is -1.12. The Hall–Kier alpha value is -2.40. The molecule has 0 atom stereocenters. The number of hydrogen-bond acceptors (Lipinski definition) is 2. The first-order valence-electron chi connectivity index (χ1n) is 7.55. The monoisotopic (exact) mass is 346 g/mol. The molecule has 124 valence electrons. The van der Waals surface area contributed by atoms with Crippen LogP contribution in [0.3, 0.4) is 0 Å². The molecular weight excluding hydrogens is 331 g/mol. The lowest BCUT2D eigenvalue weighted by Gasteiger charge is -2.16. The first kappa shape index (κ1) is 16.5. The maximum absolute atomic E-state index is 12.9. The van der Waals surface area contributed by atoms with E-state index in [1.54, 1.807) is 18.2 Å². The number of rotatable bonds is 4. The van der Waals surface area contributed by atoms with Crippen molar-refractivity contribution in [2.45, 2.75) is 19.8 Å². The molecule has 4 nitrogen and oxygen atoms in total. The highest BCUT2D eigenvalue weighted by Crippen LogP contribution is 2.47. The molecule has 0 radical (unpaired) electrons. The van der Waals surface area contributed by atoms with Gasteiger partial charge in [-0.3, -0.25) is 9.59 Å². The quantitative estimate of drug-likeness (QED) is 0.817. The van der Waals surface area contributed by atoms with Crippen molar-refractivity contribution in [3.05, 3.63) is 58.9 Å². The molecule has 2 amide bonds. The van der Waals surface area contributed by atoms with Gasteiger partial charge in [0.1, 0.15) is 11.2 Å². The molecule has 24 heavy (non-hydrogen) atoms. The Morgan fingerprint density at radius 2 is 1.67 bits per heavy atom. The van der Waals surface area contributed by atoms with E-state index in [4.69, 9.17) is 11.6 Å². The highest BCUT2D eigenvalue weighted by Gasteiger charge is 2.56. The van der Waals surface area contributed by atoms with Crippen molar-refractivity contribution in [2.24, 2.45) is 5.41 Å². The SMILES string of the molecule is Cc1ccc(Cl)cc1NC(=O)C1(C(=O)Nc2ccc(F)cc2)CC1. The fraction of sp³-hybridized carbons (Fsp3) is 0.222. The summed E-state index contributed by atoms with van der Waals surface area (Å²) in [5, 5.41) is 5.97. The van der Waals surface area contributed by atoms with E-state index in [0.29, 0.717) is 29.2 Å². The van der Waals surface area contributed by atoms with E-state index in [1.807, 2.05) is 6.92 Å². The summed E-state index contributed by atoms with van der Waals surface area (Å²) >= 11 is 5.95. The maximum Gasteiger partial charge on any atom is 0.240 e. The molecule has 1 saturated carbocycles. The van der Waals surface area contributed by atoms with Crippen molar-refractivity contribution < 1.29 is 14.0 Å². The summed E-state index contributed by atoms with van der Waals surface area (Å²) in [6, 6.07) is 10.6. The van der Waals surface area contributed by atoms with Crippen LogP contribution < -0.4 is 10.6 Å². The summed E-state index contributed by atoms with van der Waals surface area (Å²) in [7, 11) is 0. The van der Waals surface area contributed by atoms with Gasteiger partial charge in [-0.05, 0) is 61.7 Å². The zero-order chi connectivity index (χ0) is 17.3. The van der Waals surface area contributed by atoms with E-state index in [-0.39, 0.29) is 17.6 Å². The Balaban J connectivity index is 1.72. The largest absolute Gasteiger partial charge is 0.325 e. The zero-order valence-corrected chi connectivity index (χ0v) is 13.8. The van der Waals surface area contributed by atoms with E-state index < -0.39 is 5.41 Å². The van der Waals surface area contributed by atoms with Crippen LogP contribution in [0, 0.1) is 18.2 Å². The molecule has 2 aromatic rings. The number of aryl methyl sites for hydroxylation is 1. The molecule has 2 N–H and O–H groups in total. The lowest BCUT2D eigenvalue weighted by molar-refractivity contribution is -0.131. The predicted molar refractivity (Wildman–Crippen MR) is 91.5 cm³/mol. The van der Waals surface area contributed by atoms with Crippen LogP contribution in [0.4, 0.5) is 15.8 Å². The summed E-state index contributed by atoms with van der Waals surface area (Å²) in [4.78, 5) is 25.0. The van der Waals surface area contributed by atoms with Crippen molar-refractivity contribution in [1.29, 1.82) is 0 Å². The van der Waals surface area contributed by atoms with Crippen LogP contribution in [-0.4, -0.2) is 11.8 Å². The highest BCUT2D eigenvalue weighted by molar-refractivity contribution is 6.31. The highest BCUT2D eigenvalue weighted by atomic mass is 35.5. The van der Waals surface area contributed by atoms with Gasteiger partial charge in [0.15, 0.2) is 0 Å². The third-order valence-corrected chi connectivity index (χ3v) is 4.40. The normalized spacial score (nSPS) is 14.8. The second-order valence-corrected chi connectivity index (χ2v) is 6.39. The number of halogens is 2. The van der Waals surface area contributed by atoms with Gasteiger partial charge < -0.3 is 10.6 Å². The molecule has 3 rings (SSSR count). The topological polar surface area (TPSA) is 58.2 Å². The summed E-state index contributed by atoms with van der Waals surface area (Å²) in [6.07, 6.45) is 0.955. The van der Waals surface area contributed by atoms with Gasteiger partial charge in [-0.1, -0.05) is 17.7 Å². The molecule has 0 unspecified atom stereocenters. The third-order valence-electron chi connectivity index (χ3n) is 4.17. The number of benzene rings is 2. The Morgan fingerprint density at radius 1 is 1.04 bits per heavy atom. The average Bonchev–Trinajstić information content (AvgIpc) is 3.35. The van der Waals surface area contributed by atoms with Crippen LogP contribution in [0.25, 0.3) is 0 Å². The molecule has 6 heteroatoms. The fourth-order valence-corrected chi connectivity index (χ4v) is 2.61. The summed E-state index contributed by atoms with van der Waals surface area (Å²) in [6.45, 7) is 1.85. The van der Waals surface area contributed by atoms with Crippen LogP contribution >= 0.6 is 11.6 Å². The fourth-order valence-electron chi connectivity index (χ4n) is 2.44. The van der Waals surface area contributed by atoms with Gasteiger partial charge in [0, 0.05) is 16.4 Å². The van der Waals surface area contributed by atoms with Gasteiger partial charge in [0.05, 0.1) is 0 Å². The Bertz CT molecular complexity index is 801. The Morgan fingerprint density at radius 3 is 2.29 bits per heavy atom. The lowest BCUT2D eigenvalue weighted by atomic mass is 10.0. The van der Waals surface area contributed by atoms with Gasteiger partial charge in [0.25, 0.3) is 0 Å². The van der Waals surface area contributed by atoms with E-state index in [0.717, 1.165) is 5.56 Å². The summed E-state index contributed by atoms with van der Waals surface area (Å²) < 4.78 is 12.9. The second kappa shape index (κ2) is 6.24. The minimum absolute atomic E-state index is 0.354. The maximum atomic E-state index is 12.9. The number of carbonyl (C=O) groups excluding carboxylic acids is 2. The number of hydrogen-bond donors (Lipinski definition) is 2. The molecule has 0 saturated heterocycles. The van der Waals surface area contributed by atoms with Gasteiger partial charge >= 0.3 is 0 Å². The van der Waals surface area contributed by atoms with E-state index in [2.05, 4.69) is 10.6 Å². The van der Waals surface area contributed by atoms with E-state index in [9.17, 15) is 14.0 Å². The molecule has 0 bridgehead atoms. The molecule has 1 aliphatic carbocycles. The van der Waals surface area contributed by atoms with Gasteiger partial charge in [-0.15, -0.1) is 0 Å². The van der Waals surface area contributed by atoms with Crippen molar-refractivity contribution in [3.8, 4) is 0 Å². The van der Waals surface area contributed by atoms with E-state index in [1.165, 1.54) is 24.3 Å². The van der Waals surface area contributed by atoms with Crippen molar-refractivity contribution >= 4 is 34.8 Å². The Kier molecular flexibility index (Phi) is 4.28. The first-order valence-corrected chi connectivity index (χ1v) is 7.93. The Labute approximate surface area is 144 Å². The van der Waals surface area contributed by atoms with Crippen LogP contribution in [0.5, 0.6) is 0 Å². The van der Waals surface area contributed by atoms with Gasteiger partial charge in [-0.2, -0.15) is 0 Å².